The van der Waals surface area contributed by atoms with Crippen LogP contribution in [0.2, 0.25) is 5.02 Å². The first-order valence-corrected chi connectivity index (χ1v) is 7.92. The molecule has 24 heavy (non-hydrogen) atoms. The van der Waals surface area contributed by atoms with Crippen molar-refractivity contribution >= 4 is 33.3 Å². The van der Waals surface area contributed by atoms with Gasteiger partial charge in [-0.1, -0.05) is 39.7 Å². The molecule has 0 spiro atoms. The number of rotatable bonds is 2. The molecule has 1 aromatic heterocycles. The van der Waals surface area contributed by atoms with Crippen LogP contribution in [0.15, 0.2) is 53.0 Å². The summed E-state index contributed by atoms with van der Waals surface area (Å²) in [6.45, 7) is 0. The van der Waals surface area contributed by atoms with E-state index in [-0.39, 0.29) is 11.4 Å². The zero-order valence-electron chi connectivity index (χ0n) is 12.0. The maximum atomic E-state index is 13.4. The summed E-state index contributed by atoms with van der Waals surface area (Å²) in [5.74, 6) is -0.0908. The molecule has 0 saturated carbocycles. The summed E-state index contributed by atoms with van der Waals surface area (Å²) in [7, 11) is 0. The summed E-state index contributed by atoms with van der Waals surface area (Å²) in [4.78, 5) is 0. The SMILES string of the molecule is Nc1c(-c2ccc(Br)cc2)c(C(F)(F)F)nn1-c1ccc(Cl)cc1. The van der Waals surface area contributed by atoms with Gasteiger partial charge in [0.1, 0.15) is 5.82 Å². The maximum Gasteiger partial charge on any atom is 0.435 e. The molecule has 2 aromatic carbocycles. The smallest absolute Gasteiger partial charge is 0.383 e. The molecule has 0 saturated heterocycles. The highest BCUT2D eigenvalue weighted by Crippen LogP contribution is 2.40. The number of halogens is 5. The molecule has 0 amide bonds. The topological polar surface area (TPSA) is 43.8 Å². The summed E-state index contributed by atoms with van der Waals surface area (Å²) in [5, 5.41) is 4.16. The minimum Gasteiger partial charge on any atom is -0.383 e. The summed E-state index contributed by atoms with van der Waals surface area (Å²) in [6.07, 6.45) is -4.63. The summed E-state index contributed by atoms with van der Waals surface area (Å²) < 4.78 is 42.1. The Morgan fingerprint density at radius 1 is 1.00 bits per heavy atom. The number of nitrogens with zero attached hydrogens (tertiary/aromatic N) is 2. The molecule has 124 valence electrons. The first-order valence-electron chi connectivity index (χ1n) is 6.75. The van der Waals surface area contributed by atoms with Gasteiger partial charge in [0, 0.05) is 9.50 Å². The highest BCUT2D eigenvalue weighted by atomic mass is 79.9. The second kappa shape index (κ2) is 6.14. The minimum atomic E-state index is -4.63. The third kappa shape index (κ3) is 3.14. The van der Waals surface area contributed by atoms with Crippen molar-refractivity contribution in [2.24, 2.45) is 0 Å². The van der Waals surface area contributed by atoms with Crippen molar-refractivity contribution in [1.29, 1.82) is 0 Å². The molecule has 8 heteroatoms. The Balaban J connectivity index is 2.23. The fourth-order valence-corrected chi connectivity index (χ4v) is 2.70. The quantitative estimate of drug-likeness (QED) is 0.595. The Labute approximate surface area is 149 Å². The van der Waals surface area contributed by atoms with E-state index in [9.17, 15) is 13.2 Å². The first kappa shape index (κ1) is 16.9. The van der Waals surface area contributed by atoms with Crippen molar-refractivity contribution in [1.82, 2.24) is 9.78 Å². The monoisotopic (exact) mass is 415 g/mol. The Morgan fingerprint density at radius 2 is 1.58 bits per heavy atom. The Kier molecular flexibility index (Phi) is 4.31. The summed E-state index contributed by atoms with van der Waals surface area (Å²) in [5.41, 5.74) is 5.55. The Bertz CT molecular complexity index is 871. The Hall–Kier alpha value is -1.99. The van der Waals surface area contributed by atoms with E-state index in [2.05, 4.69) is 21.0 Å². The van der Waals surface area contributed by atoms with Crippen LogP contribution in [-0.4, -0.2) is 9.78 Å². The second-order valence-corrected chi connectivity index (χ2v) is 6.35. The van der Waals surface area contributed by atoms with E-state index in [1.54, 1.807) is 48.5 Å². The number of hydrogen-bond acceptors (Lipinski definition) is 2. The third-order valence-electron chi connectivity index (χ3n) is 3.39. The zero-order valence-corrected chi connectivity index (χ0v) is 14.3. The van der Waals surface area contributed by atoms with Gasteiger partial charge < -0.3 is 5.73 Å². The highest BCUT2D eigenvalue weighted by Gasteiger charge is 2.39. The van der Waals surface area contributed by atoms with Crippen LogP contribution in [0.25, 0.3) is 16.8 Å². The lowest BCUT2D eigenvalue weighted by Crippen LogP contribution is -2.08. The summed E-state index contributed by atoms with van der Waals surface area (Å²) >= 11 is 9.07. The second-order valence-electron chi connectivity index (χ2n) is 5.00. The average molecular weight is 417 g/mol. The minimum absolute atomic E-state index is 0.0908. The van der Waals surface area contributed by atoms with Crippen LogP contribution in [0.3, 0.4) is 0 Å². The molecule has 0 unspecified atom stereocenters. The lowest BCUT2D eigenvalue weighted by atomic mass is 10.1. The van der Waals surface area contributed by atoms with Crippen LogP contribution >= 0.6 is 27.5 Å². The van der Waals surface area contributed by atoms with Gasteiger partial charge in [0.05, 0.1) is 11.3 Å². The predicted octanol–water partition coefficient (Wildman–Crippen LogP) is 5.56. The largest absolute Gasteiger partial charge is 0.435 e. The standard InChI is InChI=1S/C16H10BrClF3N3/c17-10-3-1-9(2-4-10)13-14(16(19,20)21)23-24(15(13)22)12-7-5-11(18)6-8-12/h1-8H,22H2. The lowest BCUT2D eigenvalue weighted by Gasteiger charge is -2.07. The van der Waals surface area contributed by atoms with E-state index in [1.807, 2.05) is 0 Å². The maximum absolute atomic E-state index is 13.4. The molecule has 0 atom stereocenters. The van der Waals surface area contributed by atoms with Gasteiger partial charge in [-0.15, -0.1) is 0 Å². The molecule has 1 heterocycles. The predicted molar refractivity (Wildman–Crippen MR) is 91.1 cm³/mol. The number of anilines is 1. The van der Waals surface area contributed by atoms with Crippen LogP contribution in [0.1, 0.15) is 5.69 Å². The third-order valence-corrected chi connectivity index (χ3v) is 4.17. The van der Waals surface area contributed by atoms with Gasteiger partial charge in [0.15, 0.2) is 5.69 Å². The number of nitrogens with two attached hydrogens (primary N) is 1. The van der Waals surface area contributed by atoms with E-state index < -0.39 is 11.9 Å². The van der Waals surface area contributed by atoms with Crippen molar-refractivity contribution in [3.63, 3.8) is 0 Å². The number of benzene rings is 2. The molecular formula is C16H10BrClF3N3. The van der Waals surface area contributed by atoms with Gasteiger partial charge in [-0.3, -0.25) is 0 Å². The van der Waals surface area contributed by atoms with Gasteiger partial charge >= 0.3 is 6.18 Å². The van der Waals surface area contributed by atoms with Crippen LogP contribution in [-0.2, 0) is 6.18 Å². The number of aromatic nitrogens is 2. The molecule has 3 nitrogen and oxygen atoms in total. The molecule has 0 radical (unpaired) electrons. The molecule has 0 fully saturated rings. The van der Waals surface area contributed by atoms with Crippen LogP contribution < -0.4 is 5.73 Å². The van der Waals surface area contributed by atoms with Crippen molar-refractivity contribution in [2.45, 2.75) is 6.18 Å². The fourth-order valence-electron chi connectivity index (χ4n) is 2.31. The van der Waals surface area contributed by atoms with Gasteiger partial charge in [-0.2, -0.15) is 18.3 Å². The molecule has 0 aliphatic carbocycles. The molecule has 0 bridgehead atoms. The molecule has 3 aromatic rings. The first-order chi connectivity index (χ1) is 11.3. The highest BCUT2D eigenvalue weighted by molar-refractivity contribution is 9.10. The lowest BCUT2D eigenvalue weighted by molar-refractivity contribution is -0.140. The van der Waals surface area contributed by atoms with E-state index in [1.165, 1.54) is 0 Å². The van der Waals surface area contributed by atoms with Crippen LogP contribution in [0, 0.1) is 0 Å². The molecular weight excluding hydrogens is 407 g/mol. The van der Waals surface area contributed by atoms with E-state index >= 15 is 0 Å². The zero-order chi connectivity index (χ0) is 17.5. The number of nitrogen functional groups attached to an aromatic ring is 1. The Morgan fingerprint density at radius 3 is 2.12 bits per heavy atom. The van der Waals surface area contributed by atoms with E-state index in [0.29, 0.717) is 16.3 Å². The summed E-state index contributed by atoms with van der Waals surface area (Å²) in [6, 6.07) is 12.6. The van der Waals surface area contributed by atoms with E-state index in [4.69, 9.17) is 17.3 Å². The molecule has 3 rings (SSSR count). The van der Waals surface area contributed by atoms with Crippen LogP contribution in [0.5, 0.6) is 0 Å². The van der Waals surface area contributed by atoms with Crippen LogP contribution in [0.4, 0.5) is 19.0 Å². The van der Waals surface area contributed by atoms with Crippen molar-refractivity contribution in [2.75, 3.05) is 5.73 Å². The van der Waals surface area contributed by atoms with Crippen molar-refractivity contribution < 1.29 is 13.2 Å². The number of hydrogen-bond donors (Lipinski definition) is 1. The van der Waals surface area contributed by atoms with Crippen molar-refractivity contribution in [3.8, 4) is 16.8 Å². The normalized spacial score (nSPS) is 11.7. The van der Waals surface area contributed by atoms with Gasteiger partial charge in [0.2, 0.25) is 0 Å². The van der Waals surface area contributed by atoms with Gasteiger partial charge in [0.25, 0.3) is 0 Å². The average Bonchev–Trinajstić information content (AvgIpc) is 2.87. The van der Waals surface area contributed by atoms with E-state index in [0.717, 1.165) is 9.15 Å². The number of alkyl halides is 3. The van der Waals surface area contributed by atoms with Gasteiger partial charge in [-0.05, 0) is 42.0 Å². The van der Waals surface area contributed by atoms with Crippen molar-refractivity contribution in [3.05, 3.63) is 63.7 Å². The van der Waals surface area contributed by atoms with Gasteiger partial charge in [-0.25, -0.2) is 4.68 Å². The molecule has 0 aliphatic heterocycles. The molecule has 0 aliphatic rings. The molecule has 2 N–H and O–H groups in total. The fraction of sp³-hybridized carbons (Fsp3) is 0.0625.